The molecule has 23 heavy (non-hydrogen) atoms. The predicted octanol–water partition coefficient (Wildman–Crippen LogP) is 3.97. The summed E-state index contributed by atoms with van der Waals surface area (Å²) >= 11 is 6.28. The van der Waals surface area contributed by atoms with Gasteiger partial charge in [-0.3, -0.25) is 4.79 Å². The maximum atomic E-state index is 12.4. The summed E-state index contributed by atoms with van der Waals surface area (Å²) in [5, 5.41) is 3.68. The van der Waals surface area contributed by atoms with Crippen LogP contribution in [-0.2, 0) is 6.54 Å². The lowest BCUT2D eigenvalue weighted by Crippen LogP contribution is -2.35. The van der Waals surface area contributed by atoms with E-state index in [1.165, 1.54) is 6.42 Å². The zero-order valence-corrected chi connectivity index (χ0v) is 13.7. The normalized spacial score (nSPS) is 14.6. The highest BCUT2D eigenvalue weighted by Crippen LogP contribution is 2.22. The number of carbonyl (C=O) groups is 1. The second-order valence-electron chi connectivity index (χ2n) is 5.75. The lowest BCUT2D eigenvalue weighted by molar-refractivity contribution is 0.0724. The molecule has 1 aromatic heterocycles. The monoisotopic (exact) mass is 329 g/mol. The number of pyridine rings is 1. The molecule has 1 saturated heterocycles. The van der Waals surface area contributed by atoms with E-state index in [2.05, 4.69) is 10.3 Å². The van der Waals surface area contributed by atoms with E-state index >= 15 is 0 Å². The number of piperidine rings is 1. The van der Waals surface area contributed by atoms with Crippen LogP contribution < -0.4 is 5.32 Å². The minimum Gasteiger partial charge on any atom is -0.365 e. The highest BCUT2D eigenvalue weighted by molar-refractivity contribution is 6.33. The van der Waals surface area contributed by atoms with Gasteiger partial charge in [-0.05, 0) is 30.9 Å². The van der Waals surface area contributed by atoms with Gasteiger partial charge in [0, 0.05) is 25.8 Å². The molecule has 0 spiro atoms. The van der Waals surface area contributed by atoms with Crippen molar-refractivity contribution < 1.29 is 4.79 Å². The molecule has 3 rings (SSSR count). The van der Waals surface area contributed by atoms with Crippen LogP contribution in [0.2, 0.25) is 5.02 Å². The van der Waals surface area contributed by atoms with E-state index in [-0.39, 0.29) is 5.91 Å². The topological polar surface area (TPSA) is 45.2 Å². The highest BCUT2D eigenvalue weighted by Gasteiger charge is 2.19. The number of amides is 1. The predicted molar refractivity (Wildman–Crippen MR) is 92.8 cm³/mol. The van der Waals surface area contributed by atoms with Crippen molar-refractivity contribution in [3.63, 3.8) is 0 Å². The number of aromatic nitrogens is 1. The third-order valence-electron chi connectivity index (χ3n) is 4.03. The molecule has 1 aromatic carbocycles. The molecule has 0 aliphatic carbocycles. The van der Waals surface area contributed by atoms with Gasteiger partial charge in [0.1, 0.15) is 5.82 Å². The van der Waals surface area contributed by atoms with Crippen molar-refractivity contribution in [1.29, 1.82) is 0 Å². The van der Waals surface area contributed by atoms with Crippen molar-refractivity contribution >= 4 is 23.3 Å². The number of nitrogens with one attached hydrogen (secondary N) is 1. The molecule has 1 fully saturated rings. The van der Waals surface area contributed by atoms with Crippen LogP contribution in [0.3, 0.4) is 0 Å². The van der Waals surface area contributed by atoms with Gasteiger partial charge in [0.15, 0.2) is 0 Å². The lowest BCUT2D eigenvalue weighted by atomic mass is 10.1. The zero-order valence-electron chi connectivity index (χ0n) is 13.0. The second kappa shape index (κ2) is 7.47. The van der Waals surface area contributed by atoms with Gasteiger partial charge in [-0.1, -0.05) is 41.9 Å². The fraction of sp³-hybridized carbons (Fsp3) is 0.333. The van der Waals surface area contributed by atoms with Crippen molar-refractivity contribution in [2.75, 3.05) is 18.4 Å². The van der Waals surface area contributed by atoms with Gasteiger partial charge in [0.05, 0.1) is 10.6 Å². The summed E-state index contributed by atoms with van der Waals surface area (Å²) in [5.74, 6) is 0.624. The molecule has 0 atom stereocenters. The average Bonchev–Trinajstić information content (AvgIpc) is 2.61. The van der Waals surface area contributed by atoms with Crippen LogP contribution in [0.4, 0.5) is 5.82 Å². The first kappa shape index (κ1) is 15.8. The summed E-state index contributed by atoms with van der Waals surface area (Å²) in [6.45, 7) is 2.29. The molecule has 0 saturated carbocycles. The Morgan fingerprint density at radius 2 is 1.91 bits per heavy atom. The van der Waals surface area contributed by atoms with E-state index in [1.54, 1.807) is 12.3 Å². The molecule has 2 heterocycles. The zero-order chi connectivity index (χ0) is 16.1. The van der Waals surface area contributed by atoms with E-state index < -0.39 is 0 Å². The van der Waals surface area contributed by atoms with Gasteiger partial charge >= 0.3 is 0 Å². The van der Waals surface area contributed by atoms with Crippen LogP contribution in [-0.4, -0.2) is 28.9 Å². The van der Waals surface area contributed by atoms with Gasteiger partial charge in [0.2, 0.25) is 0 Å². The number of anilines is 1. The van der Waals surface area contributed by atoms with E-state index in [0.717, 1.165) is 31.5 Å². The quantitative estimate of drug-likeness (QED) is 0.923. The van der Waals surface area contributed by atoms with Crippen molar-refractivity contribution in [1.82, 2.24) is 9.88 Å². The fourth-order valence-electron chi connectivity index (χ4n) is 2.75. The van der Waals surface area contributed by atoms with Crippen LogP contribution in [0.25, 0.3) is 0 Å². The van der Waals surface area contributed by atoms with Gasteiger partial charge in [-0.2, -0.15) is 0 Å². The minimum absolute atomic E-state index is 0.0220. The largest absolute Gasteiger partial charge is 0.365 e. The summed E-state index contributed by atoms with van der Waals surface area (Å²) in [7, 11) is 0. The Morgan fingerprint density at radius 1 is 1.17 bits per heavy atom. The minimum atomic E-state index is 0.0220. The van der Waals surface area contributed by atoms with Crippen molar-refractivity contribution in [3.8, 4) is 0 Å². The number of hydrogen-bond donors (Lipinski definition) is 1. The van der Waals surface area contributed by atoms with E-state index in [4.69, 9.17) is 11.6 Å². The Hall–Kier alpha value is -2.07. The third-order valence-corrected chi connectivity index (χ3v) is 4.32. The van der Waals surface area contributed by atoms with Crippen LogP contribution in [0.5, 0.6) is 0 Å². The third kappa shape index (κ3) is 4.02. The molecule has 1 amide bonds. The molecule has 4 nitrogen and oxygen atoms in total. The first-order valence-corrected chi connectivity index (χ1v) is 8.34. The molecule has 1 N–H and O–H groups in total. The molecule has 0 bridgehead atoms. The highest BCUT2D eigenvalue weighted by atomic mass is 35.5. The maximum Gasteiger partial charge on any atom is 0.255 e. The average molecular weight is 330 g/mol. The van der Waals surface area contributed by atoms with Crippen LogP contribution in [0.15, 0.2) is 42.6 Å². The SMILES string of the molecule is O=C(c1cnc(NCc2ccccc2)c(Cl)c1)N1CCCCC1. The molecule has 0 unspecified atom stereocenters. The Morgan fingerprint density at radius 3 is 2.61 bits per heavy atom. The first-order valence-electron chi connectivity index (χ1n) is 7.96. The lowest BCUT2D eigenvalue weighted by Gasteiger charge is -2.26. The summed E-state index contributed by atoms with van der Waals surface area (Å²) in [6.07, 6.45) is 4.95. The number of halogens is 1. The first-order chi connectivity index (χ1) is 11.2. The van der Waals surface area contributed by atoms with Gasteiger partial charge in [-0.25, -0.2) is 4.98 Å². The summed E-state index contributed by atoms with van der Waals surface area (Å²) in [4.78, 5) is 18.7. The van der Waals surface area contributed by atoms with Crippen molar-refractivity contribution in [2.45, 2.75) is 25.8 Å². The van der Waals surface area contributed by atoms with Gasteiger partial charge in [-0.15, -0.1) is 0 Å². The summed E-state index contributed by atoms with van der Waals surface area (Å²) < 4.78 is 0. The van der Waals surface area contributed by atoms with Gasteiger partial charge < -0.3 is 10.2 Å². The van der Waals surface area contributed by atoms with Crippen molar-refractivity contribution in [2.24, 2.45) is 0 Å². The summed E-state index contributed by atoms with van der Waals surface area (Å²) in [5.41, 5.74) is 1.71. The van der Waals surface area contributed by atoms with E-state index in [1.807, 2.05) is 35.2 Å². The number of carbonyl (C=O) groups excluding carboxylic acids is 1. The molecular weight excluding hydrogens is 310 g/mol. The van der Waals surface area contributed by atoms with Crippen molar-refractivity contribution in [3.05, 3.63) is 58.7 Å². The second-order valence-corrected chi connectivity index (χ2v) is 6.15. The Labute approximate surface area is 141 Å². The molecular formula is C18H20ClN3O. The number of rotatable bonds is 4. The van der Waals surface area contributed by atoms with Crippen LogP contribution in [0.1, 0.15) is 35.2 Å². The molecule has 1 aliphatic rings. The number of nitrogens with zero attached hydrogens (tertiary/aromatic N) is 2. The fourth-order valence-corrected chi connectivity index (χ4v) is 2.98. The number of benzene rings is 1. The number of hydrogen-bond acceptors (Lipinski definition) is 3. The summed E-state index contributed by atoms with van der Waals surface area (Å²) in [6, 6.07) is 11.7. The molecule has 0 radical (unpaired) electrons. The van der Waals surface area contributed by atoms with E-state index in [9.17, 15) is 4.79 Å². The van der Waals surface area contributed by atoms with Gasteiger partial charge in [0.25, 0.3) is 5.91 Å². The van der Waals surface area contributed by atoms with Crippen LogP contribution in [0, 0.1) is 0 Å². The maximum absolute atomic E-state index is 12.4. The van der Waals surface area contributed by atoms with Crippen LogP contribution >= 0.6 is 11.6 Å². The Bertz CT molecular complexity index is 669. The molecule has 120 valence electrons. The Balaban J connectivity index is 1.66. The molecule has 5 heteroatoms. The van der Waals surface area contributed by atoms with E-state index in [0.29, 0.717) is 22.9 Å². The number of likely N-dealkylation sites (tertiary alicyclic amines) is 1. The smallest absolute Gasteiger partial charge is 0.255 e. The Kier molecular flexibility index (Phi) is 5.13. The molecule has 2 aromatic rings. The molecule has 1 aliphatic heterocycles. The standard InChI is InChI=1S/C18H20ClN3O/c19-16-11-15(18(23)22-9-5-2-6-10-22)13-21-17(16)20-12-14-7-3-1-4-8-14/h1,3-4,7-8,11,13H,2,5-6,9-10,12H2,(H,20,21).